The van der Waals surface area contributed by atoms with Crippen molar-refractivity contribution in [3.63, 3.8) is 0 Å². The Labute approximate surface area is 297 Å². The molecule has 11 nitrogen and oxygen atoms in total. The molecular formula is C39H64O11. The van der Waals surface area contributed by atoms with Crippen LogP contribution in [0, 0.1) is 50.7 Å². The number of rotatable bonds is 4. The maximum Gasteiger partial charge on any atom is 0.187 e. The van der Waals surface area contributed by atoms with Crippen molar-refractivity contribution in [3.8, 4) is 0 Å². The fourth-order valence-corrected chi connectivity index (χ4v) is 14.0. The van der Waals surface area contributed by atoms with Gasteiger partial charge in [-0.3, -0.25) is 0 Å². The van der Waals surface area contributed by atoms with Gasteiger partial charge in [-0.25, -0.2) is 0 Å². The van der Waals surface area contributed by atoms with Crippen molar-refractivity contribution < 1.29 is 54.7 Å². The third kappa shape index (κ3) is 5.15. The van der Waals surface area contributed by atoms with Gasteiger partial charge in [-0.1, -0.05) is 53.7 Å². The fourth-order valence-electron chi connectivity index (χ4n) is 14.0. The van der Waals surface area contributed by atoms with E-state index in [0.717, 1.165) is 44.1 Å². The lowest BCUT2D eigenvalue weighted by atomic mass is 9.31. The lowest BCUT2D eigenvalue weighted by molar-refractivity contribution is -0.365. The van der Waals surface area contributed by atoms with Crippen LogP contribution in [-0.4, -0.2) is 116 Å². The molecule has 0 aromatic rings. The predicted molar refractivity (Wildman–Crippen MR) is 182 cm³/mol. The Bertz CT molecular complexity index is 1310. The fraction of sp³-hybridized carbons (Fsp3) is 0.949. The van der Waals surface area contributed by atoms with Crippen molar-refractivity contribution in [1.82, 2.24) is 0 Å². The van der Waals surface area contributed by atoms with E-state index in [1.807, 2.05) is 0 Å². The molecular weight excluding hydrogens is 644 g/mol. The van der Waals surface area contributed by atoms with Gasteiger partial charge in [-0.15, -0.1) is 0 Å². The molecule has 7 fully saturated rings. The maximum absolute atomic E-state index is 12.2. The van der Waals surface area contributed by atoms with Crippen LogP contribution in [0.25, 0.3) is 0 Å². The normalized spacial score (nSPS) is 59.2. The Morgan fingerprint density at radius 1 is 0.700 bits per heavy atom. The smallest absolute Gasteiger partial charge is 0.187 e. The molecule has 0 aromatic carbocycles. The minimum absolute atomic E-state index is 0.0382. The largest absolute Gasteiger partial charge is 0.393 e. The van der Waals surface area contributed by atoms with Gasteiger partial charge < -0.3 is 54.7 Å². The van der Waals surface area contributed by atoms with Gasteiger partial charge in [-0.05, 0) is 103 Å². The minimum atomic E-state index is -1.59. The number of aliphatic hydroxyl groups is 7. The Morgan fingerprint density at radius 3 is 2.10 bits per heavy atom. The second-order valence-electron chi connectivity index (χ2n) is 19.2. The maximum atomic E-state index is 12.2. The molecule has 0 bridgehead atoms. The molecule has 7 rings (SSSR count). The second-order valence-corrected chi connectivity index (χ2v) is 19.2. The van der Waals surface area contributed by atoms with Crippen LogP contribution in [0.4, 0.5) is 0 Å². The molecule has 7 aliphatic rings. The summed E-state index contributed by atoms with van der Waals surface area (Å²) in [5.41, 5.74) is 0.216. The number of hydrogen-bond donors (Lipinski definition) is 7. The predicted octanol–water partition coefficient (Wildman–Crippen LogP) is 2.65. The van der Waals surface area contributed by atoms with E-state index in [1.54, 1.807) is 6.92 Å². The molecule has 0 aromatic heterocycles. The summed E-state index contributed by atoms with van der Waals surface area (Å²) in [4.78, 5) is 0. The topological polar surface area (TPSA) is 179 Å². The zero-order valence-corrected chi connectivity index (χ0v) is 31.1. The first-order valence-electron chi connectivity index (χ1n) is 19.2. The van der Waals surface area contributed by atoms with Crippen molar-refractivity contribution in [2.45, 2.75) is 173 Å². The molecule has 0 radical (unpaired) electrons. The highest BCUT2D eigenvalue weighted by Crippen LogP contribution is 2.77. The van der Waals surface area contributed by atoms with Crippen LogP contribution < -0.4 is 0 Å². The molecule has 2 saturated heterocycles. The van der Waals surface area contributed by atoms with E-state index in [9.17, 15) is 35.7 Å². The average molecular weight is 709 g/mol. The summed E-state index contributed by atoms with van der Waals surface area (Å²) >= 11 is 0. The monoisotopic (exact) mass is 708 g/mol. The first kappa shape index (κ1) is 37.6. The van der Waals surface area contributed by atoms with Gasteiger partial charge in [0.15, 0.2) is 12.6 Å². The second kappa shape index (κ2) is 12.4. The molecule has 2 heterocycles. The number of aliphatic hydroxyl groups excluding tert-OH is 7. The molecule has 0 unspecified atom stereocenters. The van der Waals surface area contributed by atoms with Crippen LogP contribution in [-0.2, 0) is 18.9 Å². The molecule has 5 aliphatic carbocycles. The van der Waals surface area contributed by atoms with Crippen molar-refractivity contribution in [2.24, 2.45) is 50.7 Å². The molecule has 0 spiro atoms. The van der Waals surface area contributed by atoms with E-state index in [0.29, 0.717) is 12.8 Å². The molecule has 20 atom stereocenters. The minimum Gasteiger partial charge on any atom is -0.393 e. The molecule has 5 saturated carbocycles. The van der Waals surface area contributed by atoms with Gasteiger partial charge >= 0.3 is 0 Å². The van der Waals surface area contributed by atoms with Crippen LogP contribution >= 0.6 is 0 Å². The lowest BCUT2D eigenvalue weighted by Gasteiger charge is -2.74. The zero-order valence-electron chi connectivity index (χ0n) is 31.1. The third-order valence-corrected chi connectivity index (χ3v) is 16.5. The van der Waals surface area contributed by atoms with Crippen molar-refractivity contribution in [2.75, 3.05) is 6.61 Å². The first-order chi connectivity index (χ1) is 23.2. The summed E-state index contributed by atoms with van der Waals surface area (Å²) < 4.78 is 24.4. The van der Waals surface area contributed by atoms with Crippen molar-refractivity contribution in [1.29, 1.82) is 0 Å². The van der Waals surface area contributed by atoms with Gasteiger partial charge in [0.25, 0.3) is 0 Å². The first-order valence-corrected chi connectivity index (χ1v) is 19.2. The van der Waals surface area contributed by atoms with Crippen molar-refractivity contribution >= 4 is 0 Å². The highest BCUT2D eigenvalue weighted by atomic mass is 16.8. The Morgan fingerprint density at radius 2 is 1.40 bits per heavy atom. The summed E-state index contributed by atoms with van der Waals surface area (Å²) in [5, 5.41) is 76.7. The molecule has 286 valence electrons. The van der Waals surface area contributed by atoms with Gasteiger partial charge in [0.2, 0.25) is 0 Å². The van der Waals surface area contributed by atoms with E-state index in [-0.39, 0.29) is 63.5 Å². The van der Waals surface area contributed by atoms with E-state index >= 15 is 0 Å². The standard InChI is InChI=1S/C39H64O11/c1-18-9-12-37(6)26(18)21(41)16-39(8)32(37)20(40)15-24-36(5)13-11-25(35(3,4)23(36)10-14-38(24,39)7)49-34-31(28(44)22(42)17-47-34)50-33-30(46)29(45)27(43)19(2)48-33/h19-34,40-46H,1,9-17H2,2-8H3/t19-,20+,21-,22+,23-,24-,25+,26-,27+,28-,29+,30+,31+,32-,33-,34-,36+,37-,38+,39+/m1/s1. The Balaban J connectivity index is 1.13. The number of ether oxygens (including phenoxy) is 4. The molecule has 50 heavy (non-hydrogen) atoms. The summed E-state index contributed by atoms with van der Waals surface area (Å²) in [6.07, 6.45) is -5.98. The summed E-state index contributed by atoms with van der Waals surface area (Å²) in [7, 11) is 0. The SMILES string of the molecule is C=C1CC[C@]2(C)[C@H]1[C@H](O)C[C@@]1(C)[C@@H]2[C@@H](O)C[C@@H]2[C@@]3(C)CC[C@H](O[C@H]4OC[C@H](O)[C@@H](O)[C@@H]4O[C@H]4O[C@H](C)[C@H](O)[C@H](O)[C@@H]4O)C(C)(C)[C@H]3CC[C@@]21C. The summed E-state index contributed by atoms with van der Waals surface area (Å²) in [5.74, 6) is 0.630. The van der Waals surface area contributed by atoms with Gasteiger partial charge in [0.05, 0.1) is 31.0 Å². The third-order valence-electron chi connectivity index (χ3n) is 16.5. The molecule has 2 aliphatic heterocycles. The van der Waals surface area contributed by atoms with Crippen molar-refractivity contribution in [3.05, 3.63) is 12.2 Å². The average Bonchev–Trinajstić information content (AvgIpc) is 3.35. The van der Waals surface area contributed by atoms with Crippen LogP contribution in [0.15, 0.2) is 12.2 Å². The number of hydrogen-bond acceptors (Lipinski definition) is 11. The molecule has 11 heteroatoms. The van der Waals surface area contributed by atoms with E-state index in [1.165, 1.54) is 0 Å². The van der Waals surface area contributed by atoms with E-state index < -0.39 is 67.5 Å². The summed E-state index contributed by atoms with van der Waals surface area (Å²) in [6.45, 7) is 19.8. The van der Waals surface area contributed by atoms with E-state index in [4.69, 9.17) is 18.9 Å². The van der Waals surface area contributed by atoms with Gasteiger partial charge in [0, 0.05) is 5.92 Å². The zero-order chi connectivity index (χ0) is 36.5. The molecule has 7 N–H and O–H groups in total. The Kier molecular flexibility index (Phi) is 9.34. The van der Waals surface area contributed by atoms with E-state index in [2.05, 4.69) is 48.1 Å². The van der Waals surface area contributed by atoms with Crippen LogP contribution in [0.1, 0.15) is 99.8 Å². The van der Waals surface area contributed by atoms with Crippen LogP contribution in [0.5, 0.6) is 0 Å². The number of fused-ring (bicyclic) bond motifs is 7. The highest BCUT2D eigenvalue weighted by Gasteiger charge is 2.73. The lowest BCUT2D eigenvalue weighted by Crippen LogP contribution is -2.71. The van der Waals surface area contributed by atoms with Crippen LogP contribution in [0.2, 0.25) is 0 Å². The van der Waals surface area contributed by atoms with Crippen LogP contribution in [0.3, 0.4) is 0 Å². The molecule has 0 amide bonds. The van der Waals surface area contributed by atoms with Gasteiger partial charge in [0.1, 0.15) is 36.6 Å². The Hall–Kier alpha value is -0.700. The van der Waals surface area contributed by atoms with Gasteiger partial charge in [-0.2, -0.15) is 0 Å². The summed E-state index contributed by atoms with van der Waals surface area (Å²) in [6, 6.07) is 0. The highest BCUT2D eigenvalue weighted by molar-refractivity contribution is 5.27. The quantitative estimate of drug-likeness (QED) is 0.169.